The molecular weight excluding hydrogens is 222 g/mol. The molecule has 0 aliphatic carbocycles. The average molecular weight is 239 g/mol. The number of nitro groups is 1. The highest BCUT2D eigenvalue weighted by Crippen LogP contribution is 2.23. The van der Waals surface area contributed by atoms with Gasteiger partial charge < -0.3 is 10.7 Å². The molecule has 17 heavy (non-hydrogen) atoms. The van der Waals surface area contributed by atoms with E-state index in [1.165, 1.54) is 12.1 Å². The molecule has 0 bridgehead atoms. The summed E-state index contributed by atoms with van der Waals surface area (Å²) in [5.74, 6) is 6.27. The van der Waals surface area contributed by atoms with Gasteiger partial charge in [0.25, 0.3) is 0 Å². The van der Waals surface area contributed by atoms with E-state index in [1.807, 2.05) is 0 Å². The van der Waals surface area contributed by atoms with Crippen molar-refractivity contribution in [1.82, 2.24) is 4.98 Å². The molecule has 0 aromatic carbocycles. The van der Waals surface area contributed by atoms with Crippen LogP contribution < -0.4 is 16.6 Å². The first kappa shape index (κ1) is 13.2. The van der Waals surface area contributed by atoms with Crippen molar-refractivity contribution < 1.29 is 4.92 Å². The van der Waals surface area contributed by atoms with Crippen LogP contribution in [0.5, 0.6) is 0 Å². The van der Waals surface area contributed by atoms with Gasteiger partial charge in [0.15, 0.2) is 0 Å². The highest BCUT2D eigenvalue weighted by Gasteiger charge is 2.16. The summed E-state index contributed by atoms with van der Waals surface area (Å²) < 4.78 is 0. The van der Waals surface area contributed by atoms with E-state index in [1.54, 1.807) is 0 Å². The number of hydrazine groups is 1. The maximum atomic E-state index is 10.8. The number of hydrogen-bond acceptors (Lipinski definition) is 6. The number of aromatic nitrogens is 1. The maximum absolute atomic E-state index is 10.8. The summed E-state index contributed by atoms with van der Waals surface area (Å²) in [5.41, 5.74) is 2.31. The Morgan fingerprint density at radius 2 is 2.29 bits per heavy atom. The van der Waals surface area contributed by atoms with Gasteiger partial charge in [-0.25, -0.2) is 10.8 Å². The molecule has 0 aliphatic rings. The molecule has 94 valence electrons. The number of nitrogens with two attached hydrogens (primary N) is 1. The lowest BCUT2D eigenvalue weighted by atomic mass is 10.1. The number of hydrogen-bond donors (Lipinski definition) is 3. The summed E-state index contributed by atoms with van der Waals surface area (Å²) in [4.78, 5) is 14.4. The standard InChI is InChI=1S/C10H17N5O2/c1-3-7(2)6-12-10-8(15(16)17)4-5-9(13-10)14-11/h4-5,7H,3,6,11H2,1-2H3,(H2,12,13,14). The molecule has 1 aromatic heterocycles. The lowest BCUT2D eigenvalue weighted by molar-refractivity contribution is -0.384. The van der Waals surface area contributed by atoms with Gasteiger partial charge in [-0.05, 0) is 12.0 Å². The van der Waals surface area contributed by atoms with Gasteiger partial charge in [-0.15, -0.1) is 0 Å². The monoisotopic (exact) mass is 239 g/mol. The molecule has 1 aromatic rings. The Balaban J connectivity index is 2.89. The minimum Gasteiger partial charge on any atom is -0.364 e. The first-order valence-electron chi connectivity index (χ1n) is 5.44. The predicted molar refractivity (Wildman–Crippen MR) is 66.6 cm³/mol. The SMILES string of the molecule is CCC(C)CNc1nc(NN)ccc1[N+](=O)[O-]. The van der Waals surface area contributed by atoms with Gasteiger partial charge in [0.05, 0.1) is 4.92 Å². The number of nitrogens with zero attached hydrogens (tertiary/aromatic N) is 2. The number of nitrogens with one attached hydrogen (secondary N) is 2. The van der Waals surface area contributed by atoms with Crippen molar-refractivity contribution in [2.24, 2.45) is 11.8 Å². The summed E-state index contributed by atoms with van der Waals surface area (Å²) in [7, 11) is 0. The van der Waals surface area contributed by atoms with E-state index < -0.39 is 4.92 Å². The van der Waals surface area contributed by atoms with E-state index in [9.17, 15) is 10.1 Å². The molecular formula is C10H17N5O2. The summed E-state index contributed by atoms with van der Waals surface area (Å²) in [6, 6.07) is 2.84. The van der Waals surface area contributed by atoms with Gasteiger partial charge in [-0.2, -0.15) is 0 Å². The van der Waals surface area contributed by atoms with Crippen molar-refractivity contribution in [3.63, 3.8) is 0 Å². The van der Waals surface area contributed by atoms with Crippen LogP contribution in [0, 0.1) is 16.0 Å². The summed E-state index contributed by atoms with van der Waals surface area (Å²) in [6.07, 6.45) is 0.996. The highest BCUT2D eigenvalue weighted by molar-refractivity contribution is 5.59. The van der Waals surface area contributed by atoms with Crippen LogP contribution in [0.15, 0.2) is 12.1 Å². The summed E-state index contributed by atoms with van der Waals surface area (Å²) >= 11 is 0. The second kappa shape index (κ2) is 6.00. The molecule has 4 N–H and O–H groups in total. The lowest BCUT2D eigenvalue weighted by Gasteiger charge is -2.11. The Bertz CT molecular complexity index is 396. The fourth-order valence-electron chi connectivity index (χ4n) is 1.22. The fraction of sp³-hybridized carbons (Fsp3) is 0.500. The van der Waals surface area contributed by atoms with Crippen molar-refractivity contribution in [2.45, 2.75) is 20.3 Å². The molecule has 0 saturated carbocycles. The second-order valence-electron chi connectivity index (χ2n) is 3.86. The van der Waals surface area contributed by atoms with Crippen LogP contribution in [0.2, 0.25) is 0 Å². The van der Waals surface area contributed by atoms with Crippen LogP contribution in [0.1, 0.15) is 20.3 Å². The van der Waals surface area contributed by atoms with E-state index in [0.717, 1.165) is 6.42 Å². The minimum atomic E-state index is -0.466. The molecule has 0 aliphatic heterocycles. The maximum Gasteiger partial charge on any atom is 0.311 e. The number of anilines is 2. The average Bonchev–Trinajstić information content (AvgIpc) is 2.35. The largest absolute Gasteiger partial charge is 0.364 e. The molecule has 1 heterocycles. The zero-order chi connectivity index (χ0) is 12.8. The Kier molecular flexibility index (Phi) is 4.65. The molecule has 1 atom stereocenters. The first-order chi connectivity index (χ1) is 8.08. The van der Waals surface area contributed by atoms with E-state index in [2.05, 4.69) is 29.6 Å². The van der Waals surface area contributed by atoms with E-state index in [4.69, 9.17) is 5.84 Å². The van der Waals surface area contributed by atoms with Crippen LogP contribution in [-0.4, -0.2) is 16.5 Å². The predicted octanol–water partition coefficient (Wildman–Crippen LogP) is 1.73. The van der Waals surface area contributed by atoms with E-state index in [-0.39, 0.29) is 11.5 Å². The zero-order valence-electron chi connectivity index (χ0n) is 9.93. The smallest absolute Gasteiger partial charge is 0.311 e. The fourth-order valence-corrected chi connectivity index (χ4v) is 1.22. The number of rotatable bonds is 6. The molecule has 0 saturated heterocycles. The van der Waals surface area contributed by atoms with Crippen molar-refractivity contribution in [2.75, 3.05) is 17.3 Å². The van der Waals surface area contributed by atoms with Crippen LogP contribution in [0.3, 0.4) is 0 Å². The zero-order valence-corrected chi connectivity index (χ0v) is 9.93. The van der Waals surface area contributed by atoms with Crippen molar-refractivity contribution in [3.8, 4) is 0 Å². The molecule has 0 fully saturated rings. The number of nitrogen functional groups attached to an aromatic ring is 1. The van der Waals surface area contributed by atoms with Crippen LogP contribution in [0.25, 0.3) is 0 Å². The van der Waals surface area contributed by atoms with Crippen molar-refractivity contribution >= 4 is 17.3 Å². The molecule has 0 radical (unpaired) electrons. The van der Waals surface area contributed by atoms with Gasteiger partial charge in [-0.1, -0.05) is 20.3 Å². The molecule has 7 heteroatoms. The topological polar surface area (TPSA) is 106 Å². The van der Waals surface area contributed by atoms with Crippen LogP contribution in [-0.2, 0) is 0 Å². The van der Waals surface area contributed by atoms with Gasteiger partial charge >= 0.3 is 5.69 Å². The van der Waals surface area contributed by atoms with Crippen molar-refractivity contribution in [3.05, 3.63) is 22.2 Å². The third kappa shape index (κ3) is 3.56. The lowest BCUT2D eigenvalue weighted by Crippen LogP contribution is -2.14. The van der Waals surface area contributed by atoms with Crippen molar-refractivity contribution in [1.29, 1.82) is 0 Å². The Morgan fingerprint density at radius 1 is 1.59 bits per heavy atom. The van der Waals surface area contributed by atoms with Gasteiger partial charge in [-0.3, -0.25) is 10.1 Å². The Labute approximate surface area is 99.5 Å². The second-order valence-corrected chi connectivity index (χ2v) is 3.86. The van der Waals surface area contributed by atoms with Crippen LogP contribution in [0.4, 0.5) is 17.3 Å². The third-order valence-corrected chi connectivity index (χ3v) is 2.53. The quantitative estimate of drug-likeness (QED) is 0.396. The van der Waals surface area contributed by atoms with Crippen LogP contribution >= 0.6 is 0 Å². The molecule has 0 amide bonds. The first-order valence-corrected chi connectivity index (χ1v) is 5.44. The molecule has 1 unspecified atom stereocenters. The number of pyridine rings is 1. The summed E-state index contributed by atoms with van der Waals surface area (Å²) in [6.45, 7) is 4.76. The Hall–Kier alpha value is -1.89. The highest BCUT2D eigenvalue weighted by atomic mass is 16.6. The third-order valence-electron chi connectivity index (χ3n) is 2.53. The van der Waals surface area contributed by atoms with Gasteiger partial charge in [0.2, 0.25) is 5.82 Å². The minimum absolute atomic E-state index is 0.0488. The van der Waals surface area contributed by atoms with E-state index in [0.29, 0.717) is 18.3 Å². The van der Waals surface area contributed by atoms with E-state index >= 15 is 0 Å². The Morgan fingerprint density at radius 3 is 2.82 bits per heavy atom. The molecule has 7 nitrogen and oxygen atoms in total. The van der Waals surface area contributed by atoms with Gasteiger partial charge in [0, 0.05) is 12.6 Å². The molecule has 0 spiro atoms. The summed E-state index contributed by atoms with van der Waals surface area (Å²) in [5, 5.41) is 13.8. The molecule has 1 rings (SSSR count). The normalized spacial score (nSPS) is 11.9. The van der Waals surface area contributed by atoms with Gasteiger partial charge in [0.1, 0.15) is 5.82 Å².